The van der Waals surface area contributed by atoms with E-state index in [2.05, 4.69) is 20.9 Å². The Morgan fingerprint density at radius 2 is 2.17 bits per heavy atom. The predicted octanol–water partition coefficient (Wildman–Crippen LogP) is 0.529. The zero-order valence-corrected chi connectivity index (χ0v) is 7.43. The van der Waals surface area contributed by atoms with Crippen LogP contribution in [-0.4, -0.2) is 5.91 Å². The summed E-state index contributed by atoms with van der Waals surface area (Å²) in [6, 6.07) is 2.92. The number of fused-ring (bicyclic) bond motifs is 1. The van der Waals surface area contributed by atoms with Gasteiger partial charge in [-0.1, -0.05) is 15.9 Å². The average Bonchev–Trinajstić information content (AvgIpc) is 2.29. The third-order valence-corrected chi connectivity index (χ3v) is 2.03. The number of carbonyl (C=O) groups excluding carboxylic acids is 1. The fourth-order valence-electron chi connectivity index (χ4n) is 1.08. The second kappa shape index (κ2) is 2.48. The minimum absolute atomic E-state index is 0.281. The van der Waals surface area contributed by atoms with Crippen LogP contribution in [0, 0.1) is 5.82 Å². The summed E-state index contributed by atoms with van der Waals surface area (Å²) in [4.78, 5) is 14.4. The Bertz CT molecular complexity index is 481. The van der Waals surface area contributed by atoms with E-state index in [0.717, 1.165) is 0 Å². The molecule has 1 aromatic rings. The van der Waals surface area contributed by atoms with Crippen molar-refractivity contribution in [3.05, 3.63) is 33.0 Å². The number of benzene rings is 1. The van der Waals surface area contributed by atoms with Gasteiger partial charge in [-0.3, -0.25) is 4.79 Å². The molecule has 1 amide bonds. The Balaban J connectivity index is 2.95. The molecule has 1 heterocycles. The van der Waals surface area contributed by atoms with Crippen LogP contribution >= 0.6 is 15.9 Å². The zero-order valence-electron chi connectivity index (χ0n) is 5.84. The van der Waals surface area contributed by atoms with E-state index in [1.54, 1.807) is 6.07 Å². The Hall–Kier alpha value is -1.03. The quantitative estimate of drug-likeness (QED) is 0.636. The molecule has 0 atom stereocenters. The van der Waals surface area contributed by atoms with Crippen molar-refractivity contribution in [3.8, 4) is 0 Å². The molecule has 0 N–H and O–H groups in total. The number of halogens is 2. The van der Waals surface area contributed by atoms with E-state index in [0.29, 0.717) is 9.83 Å². The monoisotopic (exact) mass is 227 g/mol. The molecule has 2 rings (SSSR count). The van der Waals surface area contributed by atoms with Gasteiger partial charge in [0.2, 0.25) is 0 Å². The van der Waals surface area contributed by atoms with E-state index < -0.39 is 11.7 Å². The topological polar surface area (TPSA) is 29.4 Å². The van der Waals surface area contributed by atoms with Gasteiger partial charge in [0.25, 0.3) is 5.91 Å². The van der Waals surface area contributed by atoms with Crippen LogP contribution in [0.15, 0.2) is 21.6 Å². The number of hydrogen-bond acceptors (Lipinski definition) is 1. The first kappa shape index (κ1) is 7.61. The summed E-state index contributed by atoms with van der Waals surface area (Å²) >= 11 is 3.11. The molecule has 0 radical (unpaired) electrons. The summed E-state index contributed by atoms with van der Waals surface area (Å²) in [6.45, 7) is 0. The van der Waals surface area contributed by atoms with Crippen molar-refractivity contribution in [1.29, 1.82) is 0 Å². The molecule has 0 aromatic heterocycles. The highest BCUT2D eigenvalue weighted by molar-refractivity contribution is 9.10. The van der Waals surface area contributed by atoms with E-state index in [1.807, 2.05) is 0 Å². The fraction of sp³-hybridized carbons (Fsp3) is 0. The van der Waals surface area contributed by atoms with Crippen molar-refractivity contribution < 1.29 is 9.18 Å². The lowest BCUT2D eigenvalue weighted by Gasteiger charge is -1.89. The number of carbonyl (C=O) groups is 1. The second-order valence-electron chi connectivity index (χ2n) is 2.41. The predicted molar refractivity (Wildman–Crippen MR) is 44.4 cm³/mol. The third-order valence-electron chi connectivity index (χ3n) is 1.57. The lowest BCUT2D eigenvalue weighted by Crippen LogP contribution is -2.24. The van der Waals surface area contributed by atoms with Crippen LogP contribution in [0.2, 0.25) is 0 Å². The first-order chi connectivity index (χ1) is 5.66. The van der Waals surface area contributed by atoms with Gasteiger partial charge in [-0.15, -0.1) is 0 Å². The van der Waals surface area contributed by atoms with Gasteiger partial charge < -0.3 is 0 Å². The first-order valence-corrected chi connectivity index (χ1v) is 4.05. The van der Waals surface area contributed by atoms with Crippen LogP contribution in [0.1, 0.15) is 0 Å². The summed E-state index contributed by atoms with van der Waals surface area (Å²) in [7, 11) is 0. The smallest absolute Gasteiger partial charge is 0.267 e. The minimum atomic E-state index is -0.422. The van der Waals surface area contributed by atoms with Crippen molar-refractivity contribution in [1.82, 2.24) is 0 Å². The van der Waals surface area contributed by atoms with Crippen LogP contribution in [0.3, 0.4) is 0 Å². The van der Waals surface area contributed by atoms with Crippen molar-refractivity contribution >= 4 is 27.9 Å². The third kappa shape index (κ3) is 1.08. The van der Waals surface area contributed by atoms with Gasteiger partial charge in [-0.25, -0.2) is 9.38 Å². The fourth-order valence-corrected chi connectivity index (χ4v) is 1.50. The molecule has 4 heteroatoms. The van der Waals surface area contributed by atoms with Gasteiger partial charge in [0.05, 0.1) is 5.36 Å². The maximum atomic E-state index is 13.1. The van der Waals surface area contributed by atoms with Gasteiger partial charge in [-0.2, -0.15) is 0 Å². The maximum absolute atomic E-state index is 13.1. The first-order valence-electron chi connectivity index (χ1n) is 3.26. The van der Waals surface area contributed by atoms with Crippen molar-refractivity contribution in [3.63, 3.8) is 0 Å². The molecule has 60 valence electrons. The van der Waals surface area contributed by atoms with Crippen LogP contribution in [-0.2, 0) is 4.79 Å². The summed E-state index contributed by atoms with van der Waals surface area (Å²) in [5.74, 6) is -0.823. The van der Waals surface area contributed by atoms with Crippen molar-refractivity contribution in [2.45, 2.75) is 0 Å². The molecule has 0 saturated carbocycles. The maximum Gasteiger partial charge on any atom is 0.271 e. The van der Waals surface area contributed by atoms with Crippen LogP contribution < -0.4 is 10.6 Å². The molecule has 1 aliphatic heterocycles. The standard InChI is InChI=1S/C8H3BrFNO/c9-4-1-6(10)5-3-8(12)11-7(5)2-4/h1-3H. The van der Waals surface area contributed by atoms with E-state index in [-0.39, 0.29) is 5.22 Å². The highest BCUT2D eigenvalue weighted by Crippen LogP contribution is 2.05. The zero-order chi connectivity index (χ0) is 8.72. The molecule has 0 fully saturated rings. The van der Waals surface area contributed by atoms with Crippen molar-refractivity contribution in [2.75, 3.05) is 0 Å². The van der Waals surface area contributed by atoms with E-state index in [1.165, 1.54) is 12.1 Å². The Labute approximate surface area is 75.6 Å². The number of hydrogen-bond donors (Lipinski definition) is 0. The molecule has 12 heavy (non-hydrogen) atoms. The molecule has 0 saturated heterocycles. The van der Waals surface area contributed by atoms with Gasteiger partial charge in [0, 0.05) is 15.8 Å². The van der Waals surface area contributed by atoms with E-state index >= 15 is 0 Å². The number of nitrogens with zero attached hydrogens (tertiary/aromatic N) is 1. The van der Waals surface area contributed by atoms with E-state index in [4.69, 9.17) is 0 Å². The average molecular weight is 228 g/mol. The van der Waals surface area contributed by atoms with Crippen LogP contribution in [0.25, 0.3) is 6.08 Å². The summed E-state index contributed by atoms with van der Waals surface area (Å²) in [5.41, 5.74) is 0. The molecule has 1 aliphatic rings. The molecule has 0 bridgehead atoms. The lowest BCUT2D eigenvalue weighted by atomic mass is 10.3. The number of amides is 1. The Morgan fingerprint density at radius 1 is 1.42 bits per heavy atom. The Morgan fingerprint density at radius 3 is 2.92 bits per heavy atom. The summed E-state index contributed by atoms with van der Waals surface area (Å²) < 4.78 is 13.6. The van der Waals surface area contributed by atoms with Crippen LogP contribution in [0.5, 0.6) is 0 Å². The SMILES string of the molecule is O=C1C=c2c(F)cc(Br)cc2=N1. The largest absolute Gasteiger partial charge is 0.271 e. The molecule has 0 aliphatic carbocycles. The van der Waals surface area contributed by atoms with Gasteiger partial charge in [-0.05, 0) is 12.1 Å². The number of rotatable bonds is 0. The minimum Gasteiger partial charge on any atom is -0.267 e. The lowest BCUT2D eigenvalue weighted by molar-refractivity contribution is -0.112. The molecular weight excluding hydrogens is 225 g/mol. The molecule has 2 nitrogen and oxygen atoms in total. The summed E-state index contributed by atoms with van der Waals surface area (Å²) in [6.07, 6.45) is 1.19. The highest BCUT2D eigenvalue weighted by atomic mass is 79.9. The van der Waals surface area contributed by atoms with Gasteiger partial charge in [0.15, 0.2) is 0 Å². The molecule has 0 spiro atoms. The molecular formula is C8H3BrFNO. The van der Waals surface area contributed by atoms with Gasteiger partial charge in [0.1, 0.15) is 5.82 Å². The molecule has 1 aromatic carbocycles. The summed E-state index contributed by atoms with van der Waals surface area (Å²) in [5, 5.41) is 0.676. The van der Waals surface area contributed by atoms with Gasteiger partial charge >= 0.3 is 0 Å². The Kier molecular flexibility index (Phi) is 1.58. The van der Waals surface area contributed by atoms with E-state index in [9.17, 15) is 9.18 Å². The normalized spacial score (nSPS) is 13.7. The second-order valence-corrected chi connectivity index (χ2v) is 3.33. The highest BCUT2D eigenvalue weighted by Gasteiger charge is 2.07. The van der Waals surface area contributed by atoms with Crippen molar-refractivity contribution in [2.24, 2.45) is 4.99 Å². The molecule has 0 unspecified atom stereocenters. The van der Waals surface area contributed by atoms with Crippen LogP contribution in [0.4, 0.5) is 4.39 Å².